The van der Waals surface area contributed by atoms with Crippen molar-refractivity contribution in [3.05, 3.63) is 70.5 Å². The maximum absolute atomic E-state index is 4.21. The van der Waals surface area contributed by atoms with Gasteiger partial charge in [-0.05, 0) is 49.3 Å². The second-order valence-corrected chi connectivity index (χ2v) is 5.17. The molecule has 2 nitrogen and oxygen atoms in total. The monoisotopic (exact) mass is 316 g/mol. The Kier molecular flexibility index (Phi) is 5.31. The van der Waals surface area contributed by atoms with Crippen molar-refractivity contribution in [2.75, 3.05) is 13.6 Å². The minimum atomic E-state index is 0.973. The first-order valence-corrected chi connectivity index (χ1v) is 7.11. The fourth-order valence-electron chi connectivity index (χ4n) is 1.91. The van der Waals surface area contributed by atoms with Gasteiger partial charge in [-0.15, -0.1) is 0 Å². The van der Waals surface area contributed by atoms with Crippen molar-refractivity contribution in [1.29, 1.82) is 0 Å². The molecular formula is C16H17BrN2. The first-order valence-electron chi connectivity index (χ1n) is 6.32. The second kappa shape index (κ2) is 7.22. The Hall–Kier alpha value is -1.45. The van der Waals surface area contributed by atoms with Crippen LogP contribution in [0.25, 0.3) is 5.57 Å². The van der Waals surface area contributed by atoms with Gasteiger partial charge in [-0.25, -0.2) is 0 Å². The molecule has 98 valence electrons. The van der Waals surface area contributed by atoms with E-state index >= 15 is 0 Å². The molecular weight excluding hydrogens is 300 g/mol. The highest BCUT2D eigenvalue weighted by atomic mass is 79.9. The van der Waals surface area contributed by atoms with Crippen LogP contribution in [-0.2, 0) is 0 Å². The smallest absolute Gasteiger partial charge is 0.0346 e. The lowest BCUT2D eigenvalue weighted by molar-refractivity contribution is 0.808. The zero-order chi connectivity index (χ0) is 13.5. The first kappa shape index (κ1) is 14.0. The van der Waals surface area contributed by atoms with Gasteiger partial charge in [0.05, 0.1) is 0 Å². The molecule has 0 saturated heterocycles. The molecule has 0 spiro atoms. The number of benzene rings is 1. The van der Waals surface area contributed by atoms with Crippen molar-refractivity contribution >= 4 is 21.5 Å². The molecule has 1 N–H and O–H groups in total. The highest BCUT2D eigenvalue weighted by Gasteiger charge is 2.04. The largest absolute Gasteiger partial charge is 0.319 e. The molecule has 3 heteroatoms. The summed E-state index contributed by atoms with van der Waals surface area (Å²) in [5.41, 5.74) is 3.60. The van der Waals surface area contributed by atoms with Crippen molar-refractivity contribution < 1.29 is 0 Å². The van der Waals surface area contributed by atoms with Crippen LogP contribution in [0.3, 0.4) is 0 Å². The molecule has 0 unspecified atom stereocenters. The molecule has 0 atom stereocenters. The summed E-state index contributed by atoms with van der Waals surface area (Å²) in [5, 5.41) is 3.17. The van der Waals surface area contributed by atoms with Crippen LogP contribution in [0.15, 0.2) is 59.3 Å². The van der Waals surface area contributed by atoms with E-state index in [2.05, 4.69) is 62.6 Å². The van der Waals surface area contributed by atoms with Gasteiger partial charge >= 0.3 is 0 Å². The van der Waals surface area contributed by atoms with E-state index in [1.165, 1.54) is 11.1 Å². The van der Waals surface area contributed by atoms with Crippen LogP contribution < -0.4 is 5.32 Å². The van der Waals surface area contributed by atoms with Gasteiger partial charge in [0, 0.05) is 22.4 Å². The molecule has 0 aliphatic carbocycles. The van der Waals surface area contributed by atoms with Gasteiger partial charge in [0.15, 0.2) is 0 Å². The summed E-state index contributed by atoms with van der Waals surface area (Å²) in [6.07, 6.45) is 6.97. The van der Waals surface area contributed by atoms with Gasteiger partial charge in [-0.2, -0.15) is 0 Å². The summed E-state index contributed by atoms with van der Waals surface area (Å²) in [6.45, 7) is 0.973. The lowest BCUT2D eigenvalue weighted by Crippen LogP contribution is -2.06. The highest BCUT2D eigenvalue weighted by molar-refractivity contribution is 9.10. The Morgan fingerprint density at radius 2 is 2.00 bits per heavy atom. The zero-order valence-electron chi connectivity index (χ0n) is 10.9. The lowest BCUT2D eigenvalue weighted by Gasteiger charge is -2.08. The molecule has 0 bridgehead atoms. The van der Waals surface area contributed by atoms with Crippen LogP contribution in [0.5, 0.6) is 0 Å². The number of rotatable bonds is 5. The number of nitrogens with zero attached hydrogens (tertiary/aromatic N) is 1. The summed E-state index contributed by atoms with van der Waals surface area (Å²) < 4.78 is 1.09. The highest BCUT2D eigenvalue weighted by Crippen LogP contribution is 2.24. The molecule has 0 amide bonds. The summed E-state index contributed by atoms with van der Waals surface area (Å²) in [5.74, 6) is 0. The fraction of sp³-hybridized carbons (Fsp3) is 0.188. The minimum Gasteiger partial charge on any atom is -0.319 e. The third kappa shape index (κ3) is 4.01. The topological polar surface area (TPSA) is 24.9 Å². The van der Waals surface area contributed by atoms with E-state index < -0.39 is 0 Å². The Balaban J connectivity index is 2.34. The quantitative estimate of drug-likeness (QED) is 0.847. The Morgan fingerprint density at radius 1 is 1.21 bits per heavy atom. The van der Waals surface area contributed by atoms with E-state index in [9.17, 15) is 0 Å². The normalized spacial score (nSPS) is 11.6. The molecule has 0 saturated carbocycles. The third-order valence-electron chi connectivity index (χ3n) is 2.87. The van der Waals surface area contributed by atoms with Crippen LogP contribution >= 0.6 is 15.9 Å². The molecule has 0 aliphatic rings. The van der Waals surface area contributed by atoms with Crippen molar-refractivity contribution in [3.63, 3.8) is 0 Å². The van der Waals surface area contributed by atoms with Gasteiger partial charge < -0.3 is 5.32 Å². The van der Waals surface area contributed by atoms with E-state index in [4.69, 9.17) is 0 Å². The van der Waals surface area contributed by atoms with Crippen molar-refractivity contribution in [2.45, 2.75) is 6.42 Å². The average Bonchev–Trinajstić information content (AvgIpc) is 2.46. The maximum atomic E-state index is 4.21. The van der Waals surface area contributed by atoms with Gasteiger partial charge in [-0.3, -0.25) is 4.98 Å². The van der Waals surface area contributed by atoms with Gasteiger partial charge in [-0.1, -0.05) is 40.2 Å². The number of hydrogen-bond acceptors (Lipinski definition) is 2. The second-order valence-electron chi connectivity index (χ2n) is 4.26. The molecule has 1 heterocycles. The van der Waals surface area contributed by atoms with E-state index in [-0.39, 0.29) is 0 Å². The summed E-state index contributed by atoms with van der Waals surface area (Å²) in [7, 11) is 1.97. The summed E-state index contributed by atoms with van der Waals surface area (Å²) >= 11 is 3.47. The van der Waals surface area contributed by atoms with E-state index in [1.54, 1.807) is 6.20 Å². The van der Waals surface area contributed by atoms with Crippen LogP contribution in [0.4, 0.5) is 0 Å². The molecule has 0 radical (unpaired) electrons. The van der Waals surface area contributed by atoms with Gasteiger partial charge in [0.2, 0.25) is 0 Å². The summed E-state index contributed by atoms with van der Waals surface area (Å²) in [6, 6.07) is 12.5. The van der Waals surface area contributed by atoms with Crippen LogP contribution in [0.2, 0.25) is 0 Å². The third-order valence-corrected chi connectivity index (χ3v) is 3.40. The van der Waals surface area contributed by atoms with Gasteiger partial charge in [0.1, 0.15) is 0 Å². The first-order chi connectivity index (χ1) is 9.31. The molecule has 1 aromatic heterocycles. The fourth-order valence-corrected chi connectivity index (χ4v) is 2.18. The van der Waals surface area contributed by atoms with Crippen LogP contribution in [0, 0.1) is 0 Å². The minimum absolute atomic E-state index is 0.973. The summed E-state index contributed by atoms with van der Waals surface area (Å²) in [4.78, 5) is 4.21. The van der Waals surface area contributed by atoms with Crippen molar-refractivity contribution in [1.82, 2.24) is 10.3 Å². The Labute approximate surface area is 122 Å². The molecule has 19 heavy (non-hydrogen) atoms. The van der Waals surface area contributed by atoms with Crippen LogP contribution in [-0.4, -0.2) is 18.6 Å². The number of aromatic nitrogens is 1. The predicted octanol–water partition coefficient (Wildman–Crippen LogP) is 3.89. The standard InChI is InChI=1S/C16H17BrN2/c1-18-10-3-5-16(14-4-2-11-19-12-14)13-6-8-15(17)9-7-13/h2,4-9,11-12,18H,3,10H2,1H3/b16-5-. The lowest BCUT2D eigenvalue weighted by atomic mass is 9.98. The van der Waals surface area contributed by atoms with E-state index in [0.29, 0.717) is 0 Å². The zero-order valence-corrected chi connectivity index (χ0v) is 12.5. The average molecular weight is 317 g/mol. The van der Waals surface area contributed by atoms with Crippen molar-refractivity contribution in [3.8, 4) is 0 Å². The van der Waals surface area contributed by atoms with E-state index in [0.717, 1.165) is 23.0 Å². The Morgan fingerprint density at radius 3 is 2.63 bits per heavy atom. The molecule has 2 aromatic rings. The number of halogens is 1. The molecule has 0 aliphatic heterocycles. The van der Waals surface area contributed by atoms with E-state index in [1.807, 2.05) is 19.3 Å². The maximum Gasteiger partial charge on any atom is 0.0346 e. The SMILES string of the molecule is CNCC/C=C(/c1ccc(Br)cc1)c1cccnc1. The number of pyridine rings is 1. The molecule has 2 rings (SSSR count). The van der Waals surface area contributed by atoms with Gasteiger partial charge in [0.25, 0.3) is 0 Å². The van der Waals surface area contributed by atoms with Crippen molar-refractivity contribution in [2.24, 2.45) is 0 Å². The number of nitrogens with one attached hydrogen (secondary N) is 1. The molecule has 0 fully saturated rings. The predicted molar refractivity (Wildman–Crippen MR) is 84.0 cm³/mol. The number of hydrogen-bond donors (Lipinski definition) is 1. The van der Waals surface area contributed by atoms with Crippen LogP contribution in [0.1, 0.15) is 17.5 Å². The molecule has 1 aromatic carbocycles. The Bertz CT molecular complexity index is 532.